The van der Waals surface area contributed by atoms with Gasteiger partial charge in [-0.1, -0.05) is 6.07 Å². The zero-order valence-electron chi connectivity index (χ0n) is 7.35. The first-order chi connectivity index (χ1) is 6.38. The third-order valence-corrected chi connectivity index (χ3v) is 1.51. The van der Waals surface area contributed by atoms with Gasteiger partial charge in [0.05, 0.1) is 0 Å². The van der Waals surface area contributed by atoms with E-state index in [-0.39, 0.29) is 5.82 Å². The van der Waals surface area contributed by atoms with Crippen molar-refractivity contribution >= 4 is 5.82 Å². The molecule has 0 aliphatic rings. The zero-order chi connectivity index (χ0) is 10.8. The number of anilines is 1. The number of hydrogen-bond donors (Lipinski definition) is 0. The van der Waals surface area contributed by atoms with E-state index < -0.39 is 18.7 Å². The van der Waals surface area contributed by atoms with Gasteiger partial charge in [0.25, 0.3) is 0 Å². The first-order valence-corrected chi connectivity index (χ1v) is 3.79. The van der Waals surface area contributed by atoms with Crippen LogP contribution in [0.5, 0.6) is 0 Å². The molecule has 0 amide bonds. The molecule has 1 heterocycles. The number of halogens is 4. The summed E-state index contributed by atoms with van der Waals surface area (Å²) in [6, 6.07) is 3.70. The Bertz CT molecular complexity index is 310. The Morgan fingerprint density at radius 1 is 1.36 bits per heavy atom. The second-order valence-corrected chi connectivity index (χ2v) is 2.79. The monoisotopic (exact) mass is 208 g/mol. The summed E-state index contributed by atoms with van der Waals surface area (Å²) in [5, 5.41) is 0. The lowest BCUT2D eigenvalue weighted by Crippen LogP contribution is -2.31. The molecule has 0 spiro atoms. The van der Waals surface area contributed by atoms with E-state index in [0.29, 0.717) is 0 Å². The molecule has 2 nitrogen and oxygen atoms in total. The molecule has 1 aromatic heterocycles. The first-order valence-electron chi connectivity index (χ1n) is 3.79. The van der Waals surface area contributed by atoms with Gasteiger partial charge in [-0.2, -0.15) is 17.6 Å². The van der Waals surface area contributed by atoms with Crippen LogP contribution in [0.2, 0.25) is 0 Å². The van der Waals surface area contributed by atoms with E-state index in [4.69, 9.17) is 0 Å². The second-order valence-electron chi connectivity index (χ2n) is 2.79. The van der Waals surface area contributed by atoms with E-state index in [0.717, 1.165) is 11.0 Å². The predicted octanol–water partition coefficient (Wildman–Crippen LogP) is 2.22. The molecule has 1 rings (SSSR count). The lowest BCUT2D eigenvalue weighted by Gasteiger charge is -2.19. The summed E-state index contributed by atoms with van der Waals surface area (Å²) in [7, 11) is 1.20. The van der Waals surface area contributed by atoms with Crippen molar-refractivity contribution in [1.82, 2.24) is 4.98 Å². The fourth-order valence-electron chi connectivity index (χ4n) is 0.960. The van der Waals surface area contributed by atoms with Gasteiger partial charge in [-0.05, 0) is 12.1 Å². The Hall–Kier alpha value is -1.33. The lowest BCUT2D eigenvalue weighted by atomic mass is 10.4. The van der Waals surface area contributed by atoms with E-state index in [1.807, 2.05) is 0 Å². The molecule has 0 radical (unpaired) electrons. The summed E-state index contributed by atoms with van der Waals surface area (Å²) in [6.07, 6.45) is -4.32. The second kappa shape index (κ2) is 3.81. The van der Waals surface area contributed by atoms with Gasteiger partial charge in [-0.15, -0.1) is 0 Å². The van der Waals surface area contributed by atoms with Crippen LogP contribution in [-0.2, 0) is 0 Å². The van der Waals surface area contributed by atoms with Crippen molar-refractivity contribution in [2.24, 2.45) is 0 Å². The molecule has 0 N–H and O–H groups in total. The van der Waals surface area contributed by atoms with Gasteiger partial charge in [0.2, 0.25) is 5.95 Å². The Morgan fingerprint density at radius 3 is 2.50 bits per heavy atom. The van der Waals surface area contributed by atoms with Crippen LogP contribution >= 0.6 is 0 Å². The molecule has 6 heteroatoms. The van der Waals surface area contributed by atoms with Crippen LogP contribution < -0.4 is 4.90 Å². The molecule has 0 saturated heterocycles. The van der Waals surface area contributed by atoms with Crippen molar-refractivity contribution in [2.75, 3.05) is 18.5 Å². The molecular formula is C8H8F4N2. The van der Waals surface area contributed by atoms with Gasteiger partial charge >= 0.3 is 6.18 Å². The maximum Gasteiger partial charge on any atom is 0.405 e. The highest BCUT2D eigenvalue weighted by Crippen LogP contribution is 2.19. The van der Waals surface area contributed by atoms with Crippen LogP contribution in [0.1, 0.15) is 0 Å². The summed E-state index contributed by atoms with van der Waals surface area (Å²) >= 11 is 0. The first kappa shape index (κ1) is 10.7. The van der Waals surface area contributed by atoms with Crippen LogP contribution in [-0.4, -0.2) is 24.8 Å². The van der Waals surface area contributed by atoms with Crippen LogP contribution in [0.15, 0.2) is 18.2 Å². The Labute approximate surface area is 78.2 Å². The van der Waals surface area contributed by atoms with Gasteiger partial charge in [-0.25, -0.2) is 4.98 Å². The number of hydrogen-bond acceptors (Lipinski definition) is 2. The highest BCUT2D eigenvalue weighted by Gasteiger charge is 2.29. The Kier molecular flexibility index (Phi) is 2.93. The fourth-order valence-corrected chi connectivity index (χ4v) is 0.960. The summed E-state index contributed by atoms with van der Waals surface area (Å²) in [5.41, 5.74) is 0. The third kappa shape index (κ3) is 3.20. The fraction of sp³-hybridized carbons (Fsp3) is 0.375. The van der Waals surface area contributed by atoms with Crippen molar-refractivity contribution in [3.63, 3.8) is 0 Å². The van der Waals surface area contributed by atoms with E-state index in [9.17, 15) is 17.6 Å². The quantitative estimate of drug-likeness (QED) is 0.547. The molecule has 0 unspecified atom stereocenters. The van der Waals surface area contributed by atoms with E-state index in [2.05, 4.69) is 4.98 Å². The summed E-state index contributed by atoms with van der Waals surface area (Å²) in [4.78, 5) is 4.15. The van der Waals surface area contributed by atoms with Gasteiger partial charge < -0.3 is 4.90 Å². The molecule has 14 heavy (non-hydrogen) atoms. The van der Waals surface area contributed by atoms with Crippen molar-refractivity contribution in [3.05, 3.63) is 24.1 Å². The van der Waals surface area contributed by atoms with Gasteiger partial charge in [0, 0.05) is 7.05 Å². The van der Waals surface area contributed by atoms with E-state index in [1.165, 1.54) is 19.2 Å². The van der Waals surface area contributed by atoms with Gasteiger partial charge in [-0.3, -0.25) is 0 Å². The smallest absolute Gasteiger partial charge is 0.350 e. The van der Waals surface area contributed by atoms with Crippen LogP contribution in [0.3, 0.4) is 0 Å². The molecule has 0 aliphatic carbocycles. The summed E-state index contributed by atoms with van der Waals surface area (Å²) in [5.74, 6) is -0.834. The minimum Gasteiger partial charge on any atom is -0.350 e. The molecule has 0 aromatic carbocycles. The Balaban J connectivity index is 2.74. The largest absolute Gasteiger partial charge is 0.405 e. The Morgan fingerprint density at radius 2 is 2.00 bits per heavy atom. The van der Waals surface area contributed by atoms with E-state index >= 15 is 0 Å². The number of nitrogens with zero attached hydrogens (tertiary/aromatic N) is 2. The maximum absolute atomic E-state index is 12.5. The molecule has 0 atom stereocenters. The highest BCUT2D eigenvalue weighted by atomic mass is 19.4. The topological polar surface area (TPSA) is 16.1 Å². The number of rotatable bonds is 2. The number of aromatic nitrogens is 1. The average molecular weight is 208 g/mol. The molecule has 0 aliphatic heterocycles. The van der Waals surface area contributed by atoms with Crippen LogP contribution in [0.25, 0.3) is 0 Å². The summed E-state index contributed by atoms with van der Waals surface area (Å²) in [6.45, 7) is -1.15. The zero-order valence-corrected chi connectivity index (χ0v) is 7.35. The lowest BCUT2D eigenvalue weighted by molar-refractivity contribution is -0.119. The van der Waals surface area contributed by atoms with Crippen molar-refractivity contribution < 1.29 is 17.6 Å². The molecular weight excluding hydrogens is 200 g/mol. The minimum atomic E-state index is -4.32. The summed E-state index contributed by atoms with van der Waals surface area (Å²) < 4.78 is 48.3. The van der Waals surface area contributed by atoms with Crippen molar-refractivity contribution in [3.8, 4) is 0 Å². The molecule has 1 aromatic rings. The minimum absolute atomic E-state index is 0.0395. The number of alkyl halides is 3. The normalized spacial score (nSPS) is 11.5. The molecule has 0 fully saturated rings. The maximum atomic E-state index is 12.5. The molecule has 78 valence electrons. The van der Waals surface area contributed by atoms with Crippen molar-refractivity contribution in [1.29, 1.82) is 0 Å². The predicted molar refractivity (Wildman–Crippen MR) is 43.5 cm³/mol. The average Bonchev–Trinajstić information content (AvgIpc) is 2.01. The third-order valence-electron chi connectivity index (χ3n) is 1.51. The van der Waals surface area contributed by atoms with Crippen LogP contribution in [0.4, 0.5) is 23.4 Å². The van der Waals surface area contributed by atoms with Crippen molar-refractivity contribution in [2.45, 2.75) is 6.18 Å². The van der Waals surface area contributed by atoms with E-state index in [1.54, 1.807) is 0 Å². The SMILES string of the molecule is CN(CC(F)(F)F)c1cccc(F)n1. The molecule has 0 bridgehead atoms. The van der Waals surface area contributed by atoms with Crippen LogP contribution in [0, 0.1) is 5.95 Å². The number of pyridine rings is 1. The highest BCUT2D eigenvalue weighted by molar-refractivity contribution is 5.36. The standard InChI is InChI=1S/C8H8F4N2/c1-14(5-8(10,11)12)7-4-2-3-6(9)13-7/h2-4H,5H2,1H3. The van der Waals surface area contributed by atoms with Gasteiger partial charge in [0.15, 0.2) is 0 Å². The molecule has 0 saturated carbocycles. The van der Waals surface area contributed by atoms with Gasteiger partial charge in [0.1, 0.15) is 12.4 Å².